The Morgan fingerprint density at radius 3 is 2.56 bits per heavy atom. The quantitative estimate of drug-likeness (QED) is 0.913. The number of ether oxygens (including phenoxy) is 1. The van der Waals surface area contributed by atoms with Crippen LogP contribution in [0.5, 0.6) is 11.5 Å². The average molecular weight is 307 g/mol. The standard InChI is InChI=1S/C15H15BrO2/c1-10-3-6-15(12(7-10)9-17)18-13-4-5-14(16)11(2)8-13/h3-8,17H,9H2,1-2H3. The first-order chi connectivity index (χ1) is 8.60. The molecule has 0 spiro atoms. The Balaban J connectivity index is 2.30. The molecule has 0 unspecified atom stereocenters. The van der Waals surface area contributed by atoms with Gasteiger partial charge in [-0.2, -0.15) is 0 Å². The van der Waals surface area contributed by atoms with Gasteiger partial charge in [-0.1, -0.05) is 33.6 Å². The molecule has 94 valence electrons. The topological polar surface area (TPSA) is 29.5 Å². The summed E-state index contributed by atoms with van der Waals surface area (Å²) in [5, 5.41) is 9.33. The average Bonchev–Trinajstić information content (AvgIpc) is 2.36. The van der Waals surface area contributed by atoms with Crippen molar-refractivity contribution < 1.29 is 9.84 Å². The summed E-state index contributed by atoms with van der Waals surface area (Å²) in [7, 11) is 0. The first kappa shape index (κ1) is 13.1. The van der Waals surface area contributed by atoms with E-state index in [9.17, 15) is 5.11 Å². The van der Waals surface area contributed by atoms with Crippen LogP contribution in [0.15, 0.2) is 40.9 Å². The largest absolute Gasteiger partial charge is 0.457 e. The number of aliphatic hydroxyl groups is 1. The molecule has 0 aliphatic heterocycles. The van der Waals surface area contributed by atoms with Crippen LogP contribution in [0.1, 0.15) is 16.7 Å². The Kier molecular flexibility index (Phi) is 4.04. The van der Waals surface area contributed by atoms with Crippen LogP contribution in [-0.4, -0.2) is 5.11 Å². The molecule has 0 bridgehead atoms. The number of benzene rings is 2. The molecule has 2 aromatic carbocycles. The van der Waals surface area contributed by atoms with Crippen LogP contribution in [-0.2, 0) is 6.61 Å². The number of rotatable bonds is 3. The SMILES string of the molecule is Cc1ccc(Oc2ccc(Br)c(C)c2)c(CO)c1. The third kappa shape index (κ3) is 2.92. The van der Waals surface area contributed by atoms with E-state index < -0.39 is 0 Å². The van der Waals surface area contributed by atoms with Crippen molar-refractivity contribution in [2.45, 2.75) is 20.5 Å². The predicted octanol–water partition coefficient (Wildman–Crippen LogP) is 4.35. The molecular formula is C15H15BrO2. The minimum Gasteiger partial charge on any atom is -0.457 e. The highest BCUT2D eigenvalue weighted by molar-refractivity contribution is 9.10. The number of aliphatic hydroxyl groups excluding tert-OH is 1. The maximum Gasteiger partial charge on any atom is 0.132 e. The molecule has 0 fully saturated rings. The minimum absolute atomic E-state index is 0.0213. The Morgan fingerprint density at radius 1 is 1.11 bits per heavy atom. The van der Waals surface area contributed by atoms with Crippen LogP contribution in [0.2, 0.25) is 0 Å². The highest BCUT2D eigenvalue weighted by Gasteiger charge is 2.05. The van der Waals surface area contributed by atoms with Gasteiger partial charge < -0.3 is 9.84 Å². The van der Waals surface area contributed by atoms with Gasteiger partial charge in [-0.05, 0) is 43.7 Å². The lowest BCUT2D eigenvalue weighted by Crippen LogP contribution is -1.93. The van der Waals surface area contributed by atoms with Crippen molar-refractivity contribution in [3.05, 3.63) is 57.6 Å². The maximum absolute atomic E-state index is 9.33. The zero-order valence-corrected chi connectivity index (χ0v) is 12.0. The van der Waals surface area contributed by atoms with E-state index in [2.05, 4.69) is 15.9 Å². The molecule has 1 N–H and O–H groups in total. The van der Waals surface area contributed by atoms with Crippen LogP contribution in [0.25, 0.3) is 0 Å². The van der Waals surface area contributed by atoms with Crippen LogP contribution in [0.3, 0.4) is 0 Å². The highest BCUT2D eigenvalue weighted by atomic mass is 79.9. The van der Waals surface area contributed by atoms with E-state index in [0.717, 1.165) is 26.9 Å². The van der Waals surface area contributed by atoms with Crippen molar-refractivity contribution in [2.24, 2.45) is 0 Å². The second-order valence-electron chi connectivity index (χ2n) is 4.28. The third-order valence-corrected chi connectivity index (χ3v) is 3.63. The summed E-state index contributed by atoms with van der Waals surface area (Å²) in [6.45, 7) is 3.98. The fraction of sp³-hybridized carbons (Fsp3) is 0.200. The Hall–Kier alpha value is -1.32. The molecule has 2 rings (SSSR count). The molecule has 0 atom stereocenters. The first-order valence-electron chi connectivity index (χ1n) is 5.74. The molecule has 0 radical (unpaired) electrons. The Bertz CT molecular complexity index is 564. The second-order valence-corrected chi connectivity index (χ2v) is 5.14. The van der Waals surface area contributed by atoms with Gasteiger partial charge >= 0.3 is 0 Å². The van der Waals surface area contributed by atoms with Crippen molar-refractivity contribution >= 4 is 15.9 Å². The lowest BCUT2D eigenvalue weighted by atomic mass is 10.1. The van der Waals surface area contributed by atoms with Gasteiger partial charge in [-0.3, -0.25) is 0 Å². The summed E-state index contributed by atoms with van der Waals surface area (Å²) in [6, 6.07) is 11.6. The van der Waals surface area contributed by atoms with E-state index >= 15 is 0 Å². The molecule has 2 nitrogen and oxygen atoms in total. The molecule has 0 aromatic heterocycles. The van der Waals surface area contributed by atoms with E-state index in [1.807, 2.05) is 50.2 Å². The summed E-state index contributed by atoms with van der Waals surface area (Å²) < 4.78 is 6.87. The number of hydrogen-bond donors (Lipinski definition) is 1. The molecule has 0 aliphatic rings. The van der Waals surface area contributed by atoms with Crippen LogP contribution >= 0.6 is 15.9 Å². The predicted molar refractivity (Wildman–Crippen MR) is 76.1 cm³/mol. The van der Waals surface area contributed by atoms with Crippen molar-refractivity contribution in [1.29, 1.82) is 0 Å². The van der Waals surface area contributed by atoms with Gasteiger partial charge in [0, 0.05) is 10.0 Å². The number of aryl methyl sites for hydroxylation is 2. The molecule has 0 aliphatic carbocycles. The summed E-state index contributed by atoms with van der Waals surface area (Å²) in [5.41, 5.74) is 3.03. The van der Waals surface area contributed by atoms with E-state index in [4.69, 9.17) is 4.74 Å². The Morgan fingerprint density at radius 2 is 1.89 bits per heavy atom. The molecule has 0 heterocycles. The number of halogens is 1. The summed E-state index contributed by atoms with van der Waals surface area (Å²) >= 11 is 3.46. The highest BCUT2D eigenvalue weighted by Crippen LogP contribution is 2.29. The normalized spacial score (nSPS) is 10.4. The molecule has 2 aromatic rings. The second kappa shape index (κ2) is 5.55. The summed E-state index contributed by atoms with van der Waals surface area (Å²) in [4.78, 5) is 0. The van der Waals surface area contributed by atoms with Crippen LogP contribution in [0.4, 0.5) is 0 Å². The van der Waals surface area contributed by atoms with Gasteiger partial charge in [0.25, 0.3) is 0 Å². The van der Waals surface area contributed by atoms with Gasteiger partial charge in [-0.25, -0.2) is 0 Å². The van der Waals surface area contributed by atoms with Crippen LogP contribution < -0.4 is 4.74 Å². The molecule has 0 saturated carbocycles. The number of hydrogen-bond acceptors (Lipinski definition) is 2. The smallest absolute Gasteiger partial charge is 0.132 e. The van der Waals surface area contributed by atoms with Gasteiger partial charge in [0.15, 0.2) is 0 Å². The zero-order chi connectivity index (χ0) is 13.1. The van der Waals surface area contributed by atoms with Gasteiger partial charge in [-0.15, -0.1) is 0 Å². The molecule has 18 heavy (non-hydrogen) atoms. The Labute approximate surface area is 115 Å². The van der Waals surface area contributed by atoms with Crippen LogP contribution in [0, 0.1) is 13.8 Å². The molecule has 0 amide bonds. The summed E-state index contributed by atoms with van der Waals surface area (Å²) in [6.07, 6.45) is 0. The monoisotopic (exact) mass is 306 g/mol. The maximum atomic E-state index is 9.33. The van der Waals surface area contributed by atoms with Gasteiger partial charge in [0.05, 0.1) is 6.61 Å². The van der Waals surface area contributed by atoms with E-state index in [1.54, 1.807) is 0 Å². The fourth-order valence-electron chi connectivity index (χ4n) is 1.74. The van der Waals surface area contributed by atoms with E-state index in [-0.39, 0.29) is 6.61 Å². The molecule has 0 saturated heterocycles. The van der Waals surface area contributed by atoms with Crippen molar-refractivity contribution in [3.63, 3.8) is 0 Å². The van der Waals surface area contributed by atoms with Gasteiger partial charge in [0.2, 0.25) is 0 Å². The van der Waals surface area contributed by atoms with Crippen molar-refractivity contribution in [1.82, 2.24) is 0 Å². The zero-order valence-electron chi connectivity index (χ0n) is 10.4. The lowest BCUT2D eigenvalue weighted by molar-refractivity contribution is 0.276. The minimum atomic E-state index is -0.0213. The van der Waals surface area contributed by atoms with Crippen molar-refractivity contribution in [2.75, 3.05) is 0 Å². The van der Waals surface area contributed by atoms with Crippen molar-refractivity contribution in [3.8, 4) is 11.5 Å². The third-order valence-electron chi connectivity index (χ3n) is 2.74. The van der Waals surface area contributed by atoms with Gasteiger partial charge in [0.1, 0.15) is 11.5 Å². The first-order valence-corrected chi connectivity index (χ1v) is 6.54. The van der Waals surface area contributed by atoms with E-state index in [0.29, 0.717) is 5.75 Å². The molecular weight excluding hydrogens is 292 g/mol. The lowest BCUT2D eigenvalue weighted by Gasteiger charge is -2.11. The fourth-order valence-corrected chi connectivity index (χ4v) is 1.99. The summed E-state index contributed by atoms with van der Waals surface area (Å²) in [5.74, 6) is 1.47. The molecule has 3 heteroatoms. The van der Waals surface area contributed by atoms with E-state index in [1.165, 1.54) is 0 Å².